The lowest BCUT2D eigenvalue weighted by atomic mass is 10.1. The number of amides is 1. The monoisotopic (exact) mass is 484 g/mol. The van der Waals surface area contributed by atoms with Crippen LogP contribution in [-0.2, 0) is 4.79 Å². The summed E-state index contributed by atoms with van der Waals surface area (Å²) in [5, 5.41) is 12.8. The maximum absolute atomic E-state index is 12.6. The zero-order valence-electron chi connectivity index (χ0n) is 15.2. The number of nitrogens with one attached hydrogen (secondary N) is 2. The molecule has 0 aliphatic heterocycles. The number of rotatable bonds is 7. The maximum Gasteiger partial charge on any atom is 0.231 e. The van der Waals surface area contributed by atoms with Crippen LogP contribution in [0.2, 0.25) is 0 Å². The third-order valence-electron chi connectivity index (χ3n) is 4.19. The summed E-state index contributed by atoms with van der Waals surface area (Å²) in [4.78, 5) is 18.2. The molecule has 2 aromatic heterocycles. The van der Waals surface area contributed by atoms with Gasteiger partial charge in [-0.1, -0.05) is 82.3 Å². The number of carbonyl (C=O) groups excluding carboxylic acids is 1. The van der Waals surface area contributed by atoms with E-state index in [4.69, 9.17) is 0 Å². The Kier molecular flexibility index (Phi) is 6.43. The number of hydrogen-bond donors (Lipinski definition) is 2. The third kappa shape index (κ3) is 4.95. The minimum Gasteiger partial charge on any atom is -0.344 e. The summed E-state index contributed by atoms with van der Waals surface area (Å²) in [6, 6.07) is 21.6. The standard InChI is InChI=1S/C21H17BrN4OS2/c22-16-10-5-4-9-15(16)20-24-21(26-25-20)29-13-18(27)23-19(17-11-6-12-28-17)14-7-2-1-3-8-14/h1-12,19H,13H2,(H,23,27)(H,24,25,26)/t19-/m1/s1. The first-order valence-corrected chi connectivity index (χ1v) is 11.5. The van der Waals surface area contributed by atoms with Gasteiger partial charge in [0, 0.05) is 14.9 Å². The van der Waals surface area contributed by atoms with E-state index >= 15 is 0 Å². The van der Waals surface area contributed by atoms with Gasteiger partial charge in [0.05, 0.1) is 11.8 Å². The Morgan fingerprint density at radius 3 is 2.66 bits per heavy atom. The van der Waals surface area contributed by atoms with Crippen molar-refractivity contribution in [2.75, 3.05) is 5.75 Å². The molecule has 1 amide bonds. The van der Waals surface area contributed by atoms with Gasteiger partial charge < -0.3 is 5.32 Å². The quantitative estimate of drug-likeness (QED) is 0.349. The Morgan fingerprint density at radius 2 is 1.90 bits per heavy atom. The van der Waals surface area contributed by atoms with E-state index in [0.29, 0.717) is 11.0 Å². The normalized spacial score (nSPS) is 11.9. The summed E-state index contributed by atoms with van der Waals surface area (Å²) >= 11 is 6.45. The van der Waals surface area contributed by atoms with Crippen LogP contribution >= 0.6 is 39.0 Å². The summed E-state index contributed by atoms with van der Waals surface area (Å²) in [6.07, 6.45) is 0. The van der Waals surface area contributed by atoms with Crippen LogP contribution in [0.1, 0.15) is 16.5 Å². The molecule has 0 aliphatic carbocycles. The molecule has 2 aromatic carbocycles. The molecule has 29 heavy (non-hydrogen) atoms. The predicted molar refractivity (Wildman–Crippen MR) is 121 cm³/mol. The lowest BCUT2D eigenvalue weighted by Crippen LogP contribution is -2.30. The van der Waals surface area contributed by atoms with Crippen molar-refractivity contribution in [2.45, 2.75) is 11.2 Å². The Hall–Kier alpha value is -2.42. The second kappa shape index (κ2) is 9.39. The molecule has 2 heterocycles. The molecule has 1 atom stereocenters. The number of thioether (sulfide) groups is 1. The van der Waals surface area contributed by atoms with Crippen molar-refractivity contribution in [1.82, 2.24) is 20.5 Å². The summed E-state index contributed by atoms with van der Waals surface area (Å²) in [5.74, 6) is 0.840. The van der Waals surface area contributed by atoms with E-state index < -0.39 is 0 Å². The molecule has 5 nitrogen and oxygen atoms in total. The van der Waals surface area contributed by atoms with Crippen LogP contribution in [0.5, 0.6) is 0 Å². The van der Waals surface area contributed by atoms with E-state index in [1.807, 2.05) is 72.1 Å². The minimum absolute atomic E-state index is 0.0653. The van der Waals surface area contributed by atoms with Crippen LogP contribution in [0, 0.1) is 0 Å². The molecule has 0 unspecified atom stereocenters. The van der Waals surface area contributed by atoms with Crippen LogP contribution in [0.3, 0.4) is 0 Å². The number of H-pyrrole nitrogens is 1. The Balaban J connectivity index is 1.41. The maximum atomic E-state index is 12.6. The highest BCUT2D eigenvalue weighted by molar-refractivity contribution is 9.10. The number of thiophene rings is 1. The predicted octanol–water partition coefficient (Wildman–Crippen LogP) is 5.29. The Bertz CT molecular complexity index is 1080. The van der Waals surface area contributed by atoms with Crippen molar-refractivity contribution < 1.29 is 4.79 Å². The van der Waals surface area contributed by atoms with Crippen LogP contribution in [0.15, 0.2) is 81.7 Å². The topological polar surface area (TPSA) is 70.7 Å². The Morgan fingerprint density at radius 1 is 1.10 bits per heavy atom. The fourth-order valence-corrected chi connectivity index (χ4v) is 4.72. The minimum atomic E-state index is -0.160. The molecule has 0 saturated carbocycles. The summed E-state index contributed by atoms with van der Waals surface area (Å²) in [6.45, 7) is 0. The second-order valence-electron chi connectivity index (χ2n) is 6.16. The number of hydrogen-bond acceptors (Lipinski definition) is 5. The first kappa shape index (κ1) is 19.9. The van der Waals surface area contributed by atoms with E-state index in [-0.39, 0.29) is 17.7 Å². The molecule has 0 radical (unpaired) electrons. The average molecular weight is 485 g/mol. The van der Waals surface area contributed by atoms with Crippen molar-refractivity contribution in [2.24, 2.45) is 0 Å². The molecule has 2 N–H and O–H groups in total. The van der Waals surface area contributed by atoms with Gasteiger partial charge >= 0.3 is 0 Å². The van der Waals surface area contributed by atoms with Crippen molar-refractivity contribution in [1.29, 1.82) is 0 Å². The van der Waals surface area contributed by atoms with Gasteiger partial charge in [-0.2, -0.15) is 0 Å². The van der Waals surface area contributed by atoms with Crippen molar-refractivity contribution in [3.63, 3.8) is 0 Å². The number of carbonyl (C=O) groups is 1. The molecule has 4 aromatic rings. The largest absolute Gasteiger partial charge is 0.344 e. The van der Waals surface area contributed by atoms with E-state index in [1.165, 1.54) is 11.8 Å². The molecular weight excluding hydrogens is 468 g/mol. The molecule has 0 saturated heterocycles. The number of halogens is 1. The van der Waals surface area contributed by atoms with Gasteiger partial charge in [0.15, 0.2) is 5.82 Å². The van der Waals surface area contributed by atoms with Gasteiger partial charge in [0.2, 0.25) is 11.1 Å². The highest BCUT2D eigenvalue weighted by Crippen LogP contribution is 2.28. The fourth-order valence-electron chi connectivity index (χ4n) is 2.84. The highest BCUT2D eigenvalue weighted by atomic mass is 79.9. The van der Waals surface area contributed by atoms with Crippen molar-refractivity contribution >= 4 is 44.9 Å². The molecule has 8 heteroatoms. The SMILES string of the molecule is O=C(CSc1n[nH]c(-c2ccccc2Br)n1)N[C@H](c1ccccc1)c1cccs1. The van der Waals surface area contributed by atoms with E-state index in [1.54, 1.807) is 11.3 Å². The molecule has 146 valence electrons. The van der Waals surface area contributed by atoms with Gasteiger partial charge in [0.1, 0.15) is 0 Å². The average Bonchev–Trinajstić information content (AvgIpc) is 3.44. The molecular formula is C21H17BrN4OS2. The van der Waals surface area contributed by atoms with Gasteiger partial charge in [-0.25, -0.2) is 4.98 Å². The molecule has 0 spiro atoms. The molecule has 0 fully saturated rings. The van der Waals surface area contributed by atoms with Crippen LogP contribution < -0.4 is 5.32 Å². The van der Waals surface area contributed by atoms with Crippen molar-refractivity contribution in [3.05, 3.63) is 87.0 Å². The number of aromatic nitrogens is 3. The fraction of sp³-hybridized carbons (Fsp3) is 0.0952. The van der Waals surface area contributed by atoms with E-state index in [2.05, 4.69) is 36.4 Å². The zero-order valence-corrected chi connectivity index (χ0v) is 18.4. The highest BCUT2D eigenvalue weighted by Gasteiger charge is 2.18. The first-order valence-electron chi connectivity index (χ1n) is 8.88. The first-order chi connectivity index (χ1) is 14.2. The second-order valence-corrected chi connectivity index (χ2v) is 8.94. The smallest absolute Gasteiger partial charge is 0.231 e. The lowest BCUT2D eigenvalue weighted by Gasteiger charge is -2.17. The van der Waals surface area contributed by atoms with Crippen LogP contribution in [-0.4, -0.2) is 26.8 Å². The summed E-state index contributed by atoms with van der Waals surface area (Å²) < 4.78 is 0.937. The summed E-state index contributed by atoms with van der Waals surface area (Å²) in [7, 11) is 0. The van der Waals surface area contributed by atoms with E-state index in [9.17, 15) is 4.79 Å². The third-order valence-corrected chi connectivity index (χ3v) is 6.67. The van der Waals surface area contributed by atoms with Crippen LogP contribution in [0.4, 0.5) is 0 Å². The van der Waals surface area contributed by atoms with Gasteiger partial charge in [0.25, 0.3) is 0 Å². The lowest BCUT2D eigenvalue weighted by molar-refractivity contribution is -0.119. The number of aromatic amines is 1. The number of benzene rings is 2. The summed E-state index contributed by atoms with van der Waals surface area (Å²) in [5.41, 5.74) is 1.99. The van der Waals surface area contributed by atoms with E-state index in [0.717, 1.165) is 20.5 Å². The zero-order chi connectivity index (χ0) is 20.1. The van der Waals surface area contributed by atoms with Gasteiger partial charge in [-0.3, -0.25) is 9.89 Å². The molecule has 0 bridgehead atoms. The van der Waals surface area contributed by atoms with Gasteiger partial charge in [-0.15, -0.1) is 16.4 Å². The Labute approximate surface area is 185 Å². The van der Waals surface area contributed by atoms with Gasteiger partial charge in [-0.05, 0) is 23.1 Å². The molecule has 4 rings (SSSR count). The van der Waals surface area contributed by atoms with Crippen molar-refractivity contribution in [3.8, 4) is 11.4 Å². The number of nitrogens with zero attached hydrogens (tertiary/aromatic N) is 2. The molecule has 0 aliphatic rings. The van der Waals surface area contributed by atoms with Crippen LogP contribution in [0.25, 0.3) is 11.4 Å².